The van der Waals surface area contributed by atoms with Crippen LogP contribution in [-0.4, -0.2) is 33.2 Å². The van der Waals surface area contributed by atoms with E-state index in [2.05, 4.69) is 9.72 Å². The Bertz CT molecular complexity index is 1350. The summed E-state index contributed by atoms with van der Waals surface area (Å²) in [7, 11) is 0. The second kappa shape index (κ2) is 9.65. The molecule has 0 saturated heterocycles. The number of ether oxygens (including phenoxy) is 1. The maximum atomic E-state index is 14.6. The van der Waals surface area contributed by atoms with Crippen molar-refractivity contribution in [3.63, 3.8) is 0 Å². The number of primary amides is 1. The Morgan fingerprint density at radius 2 is 1.97 bits per heavy atom. The highest BCUT2D eigenvalue weighted by atomic mass is 35.5. The molecule has 12 heteroatoms. The first-order valence-corrected chi connectivity index (χ1v) is 10.9. The maximum Gasteiger partial charge on any atom is 0.573 e. The van der Waals surface area contributed by atoms with Crippen LogP contribution in [0.15, 0.2) is 48.7 Å². The number of phenols is 1. The van der Waals surface area contributed by atoms with E-state index >= 15 is 0 Å². The van der Waals surface area contributed by atoms with Crippen LogP contribution < -0.4 is 10.5 Å². The number of hydrogen-bond acceptors (Lipinski definition) is 5. The van der Waals surface area contributed by atoms with Gasteiger partial charge in [0.1, 0.15) is 11.5 Å². The van der Waals surface area contributed by atoms with Crippen LogP contribution in [0.25, 0.3) is 0 Å². The number of pyridine rings is 1. The SMILES string of the molecule is NC(=O)c1ncccc1CN(C(=O)c1cccc(OC(F)(F)F)c1O)[C@@H]1CCc2c(F)cc(Cl)cc21. The molecule has 4 rings (SSSR count). The van der Waals surface area contributed by atoms with Gasteiger partial charge in [0.2, 0.25) is 0 Å². The third-order valence-electron chi connectivity index (χ3n) is 5.78. The number of phenolic OH excluding ortho intramolecular Hbond substituents is 1. The summed E-state index contributed by atoms with van der Waals surface area (Å²) in [6, 6.07) is 7.97. The van der Waals surface area contributed by atoms with Crippen molar-refractivity contribution >= 4 is 23.4 Å². The monoisotopic (exact) mass is 523 g/mol. The number of nitrogens with zero attached hydrogens (tertiary/aromatic N) is 2. The highest BCUT2D eigenvalue weighted by Gasteiger charge is 2.37. The predicted octanol–water partition coefficient (Wildman–Crippen LogP) is 4.91. The van der Waals surface area contributed by atoms with Gasteiger partial charge >= 0.3 is 6.36 Å². The van der Waals surface area contributed by atoms with Crippen molar-refractivity contribution in [1.29, 1.82) is 0 Å². The number of alkyl halides is 3. The number of aromatic hydroxyl groups is 1. The van der Waals surface area contributed by atoms with Crippen molar-refractivity contribution in [3.8, 4) is 11.5 Å². The molecule has 2 amide bonds. The lowest BCUT2D eigenvalue weighted by molar-refractivity contribution is -0.275. The number of carbonyl (C=O) groups excluding carboxylic acids is 2. The number of nitrogens with two attached hydrogens (primary N) is 1. The van der Waals surface area contributed by atoms with E-state index in [1.807, 2.05) is 0 Å². The number of rotatable bonds is 6. The van der Waals surface area contributed by atoms with Gasteiger partial charge in [-0.2, -0.15) is 0 Å². The lowest BCUT2D eigenvalue weighted by atomic mass is 10.0. The molecule has 0 saturated carbocycles. The van der Waals surface area contributed by atoms with Crippen molar-refractivity contribution in [2.45, 2.75) is 31.8 Å². The van der Waals surface area contributed by atoms with Crippen molar-refractivity contribution in [2.24, 2.45) is 5.73 Å². The average molecular weight is 524 g/mol. The summed E-state index contributed by atoms with van der Waals surface area (Å²) in [6.07, 6.45) is -3.27. The second-order valence-electron chi connectivity index (χ2n) is 8.02. The third-order valence-corrected chi connectivity index (χ3v) is 6.00. The summed E-state index contributed by atoms with van der Waals surface area (Å²) in [5, 5.41) is 10.6. The molecule has 2 aromatic carbocycles. The molecular formula is C24H18ClF4N3O4. The molecule has 1 aromatic heterocycles. The number of para-hydroxylation sites is 1. The number of fused-ring (bicyclic) bond motifs is 1. The highest BCUT2D eigenvalue weighted by Crippen LogP contribution is 2.42. The Labute approximate surface area is 207 Å². The van der Waals surface area contributed by atoms with Gasteiger partial charge in [-0.3, -0.25) is 14.6 Å². The summed E-state index contributed by atoms with van der Waals surface area (Å²) in [6.45, 7) is -0.271. The summed E-state index contributed by atoms with van der Waals surface area (Å²) in [4.78, 5) is 30.8. The molecule has 0 bridgehead atoms. The Balaban J connectivity index is 1.82. The van der Waals surface area contributed by atoms with E-state index in [0.29, 0.717) is 11.1 Å². The summed E-state index contributed by atoms with van der Waals surface area (Å²) >= 11 is 6.05. The van der Waals surface area contributed by atoms with Gasteiger partial charge in [0, 0.05) is 23.3 Å². The topological polar surface area (TPSA) is 106 Å². The van der Waals surface area contributed by atoms with Gasteiger partial charge in [-0.15, -0.1) is 13.2 Å². The van der Waals surface area contributed by atoms with E-state index in [0.717, 1.165) is 24.3 Å². The fraction of sp³-hybridized carbons (Fsp3) is 0.208. The van der Waals surface area contributed by atoms with Crippen LogP contribution in [0.3, 0.4) is 0 Å². The summed E-state index contributed by atoms with van der Waals surface area (Å²) < 4.78 is 56.7. The largest absolute Gasteiger partial charge is 0.573 e. The number of carbonyl (C=O) groups is 2. The number of hydrogen-bond donors (Lipinski definition) is 2. The molecule has 1 aliphatic carbocycles. The molecule has 0 aliphatic heterocycles. The average Bonchev–Trinajstić information content (AvgIpc) is 3.21. The van der Waals surface area contributed by atoms with E-state index in [1.165, 1.54) is 29.3 Å². The summed E-state index contributed by atoms with van der Waals surface area (Å²) in [5.74, 6) is -4.30. The van der Waals surface area contributed by atoms with Gasteiger partial charge < -0.3 is 20.5 Å². The van der Waals surface area contributed by atoms with E-state index in [1.54, 1.807) is 0 Å². The molecular weight excluding hydrogens is 506 g/mol. The van der Waals surface area contributed by atoms with E-state index < -0.39 is 47.1 Å². The van der Waals surface area contributed by atoms with Crippen LogP contribution in [0.4, 0.5) is 17.6 Å². The van der Waals surface area contributed by atoms with Crippen LogP contribution in [-0.2, 0) is 13.0 Å². The minimum Gasteiger partial charge on any atom is -0.504 e. The molecule has 1 atom stereocenters. The minimum absolute atomic E-state index is 0.0909. The first kappa shape index (κ1) is 25.2. The molecule has 36 heavy (non-hydrogen) atoms. The van der Waals surface area contributed by atoms with Gasteiger partial charge in [-0.1, -0.05) is 23.7 Å². The molecule has 1 aliphatic rings. The lowest BCUT2D eigenvalue weighted by Crippen LogP contribution is -2.34. The molecule has 0 spiro atoms. The van der Waals surface area contributed by atoms with Crippen molar-refractivity contribution in [3.05, 3.63) is 87.4 Å². The van der Waals surface area contributed by atoms with Crippen molar-refractivity contribution < 1.29 is 37.0 Å². The van der Waals surface area contributed by atoms with Crippen molar-refractivity contribution in [2.75, 3.05) is 0 Å². The number of aromatic nitrogens is 1. The Hall–Kier alpha value is -3.86. The third kappa shape index (κ3) is 5.06. The number of benzene rings is 2. The maximum absolute atomic E-state index is 14.6. The zero-order chi connectivity index (χ0) is 26.2. The molecule has 7 nitrogen and oxygen atoms in total. The van der Waals surface area contributed by atoms with Gasteiger partial charge in [0.25, 0.3) is 11.8 Å². The van der Waals surface area contributed by atoms with Crippen LogP contribution in [0.1, 0.15) is 50.0 Å². The van der Waals surface area contributed by atoms with E-state index in [-0.39, 0.29) is 35.7 Å². The van der Waals surface area contributed by atoms with Crippen LogP contribution in [0.2, 0.25) is 5.02 Å². The second-order valence-corrected chi connectivity index (χ2v) is 8.45. The van der Waals surface area contributed by atoms with Gasteiger partial charge in [0.05, 0.1) is 11.6 Å². The first-order valence-electron chi connectivity index (χ1n) is 10.6. The fourth-order valence-corrected chi connectivity index (χ4v) is 4.51. The Morgan fingerprint density at radius 1 is 1.22 bits per heavy atom. The van der Waals surface area contributed by atoms with E-state index in [4.69, 9.17) is 17.3 Å². The van der Waals surface area contributed by atoms with Gasteiger partial charge in [-0.05, 0) is 54.3 Å². The smallest absolute Gasteiger partial charge is 0.504 e. The highest BCUT2D eigenvalue weighted by molar-refractivity contribution is 6.30. The zero-order valence-corrected chi connectivity index (χ0v) is 19.1. The quantitative estimate of drug-likeness (QED) is 0.447. The fourth-order valence-electron chi connectivity index (χ4n) is 4.30. The standard InChI is InChI=1S/C24H18ClF4N3O4/c25-13-9-16-14(17(26)10-13)6-7-18(16)32(11-12-3-2-8-31-20(12)22(30)34)23(35)15-4-1-5-19(21(15)33)36-24(27,28)29/h1-5,8-10,18,33H,6-7,11H2,(H2,30,34)/t18-/m1/s1. The molecule has 0 radical (unpaired) electrons. The number of amides is 2. The van der Waals surface area contributed by atoms with Gasteiger partial charge in [0.15, 0.2) is 11.5 Å². The van der Waals surface area contributed by atoms with Crippen LogP contribution in [0.5, 0.6) is 11.5 Å². The molecule has 3 aromatic rings. The normalized spacial score (nSPS) is 14.9. The Kier molecular flexibility index (Phi) is 6.77. The van der Waals surface area contributed by atoms with Gasteiger partial charge in [-0.25, -0.2) is 4.39 Å². The zero-order valence-electron chi connectivity index (χ0n) is 18.4. The van der Waals surface area contributed by atoms with Crippen molar-refractivity contribution in [1.82, 2.24) is 9.88 Å². The lowest BCUT2D eigenvalue weighted by Gasteiger charge is -2.31. The van der Waals surface area contributed by atoms with E-state index in [9.17, 15) is 32.3 Å². The molecule has 3 N–H and O–H groups in total. The summed E-state index contributed by atoms with van der Waals surface area (Å²) in [5.41, 5.74) is 5.79. The first-order chi connectivity index (χ1) is 17.0. The minimum atomic E-state index is -5.11. The molecule has 1 heterocycles. The van der Waals surface area contributed by atoms with Crippen LogP contribution >= 0.6 is 11.6 Å². The number of halogens is 5. The van der Waals surface area contributed by atoms with Crippen LogP contribution in [0, 0.1) is 5.82 Å². The Morgan fingerprint density at radius 3 is 2.67 bits per heavy atom. The molecule has 0 fully saturated rings. The predicted molar refractivity (Wildman–Crippen MR) is 120 cm³/mol. The molecule has 0 unspecified atom stereocenters. The molecule has 188 valence electrons.